The van der Waals surface area contributed by atoms with Crippen LogP contribution in [0.4, 0.5) is 0 Å². The first-order valence-electron chi connectivity index (χ1n) is 6.62. The first-order chi connectivity index (χ1) is 8.88. The fourth-order valence-electron chi connectivity index (χ4n) is 2.84. The van der Waals surface area contributed by atoms with E-state index < -0.39 is 0 Å². The SMILES string of the molecule is COc1ccc(CC2CCCNC2)c2ccoc12. The van der Waals surface area contributed by atoms with E-state index in [1.54, 1.807) is 13.4 Å². The minimum Gasteiger partial charge on any atom is -0.493 e. The van der Waals surface area contributed by atoms with Gasteiger partial charge in [-0.3, -0.25) is 0 Å². The van der Waals surface area contributed by atoms with Crippen LogP contribution in [0.3, 0.4) is 0 Å². The number of ether oxygens (including phenoxy) is 1. The van der Waals surface area contributed by atoms with Crippen molar-refractivity contribution in [2.45, 2.75) is 19.3 Å². The molecule has 1 N–H and O–H groups in total. The van der Waals surface area contributed by atoms with Crippen molar-refractivity contribution in [3.8, 4) is 5.75 Å². The highest BCUT2D eigenvalue weighted by molar-refractivity contribution is 5.86. The smallest absolute Gasteiger partial charge is 0.175 e. The van der Waals surface area contributed by atoms with Crippen molar-refractivity contribution in [3.63, 3.8) is 0 Å². The van der Waals surface area contributed by atoms with Crippen LogP contribution >= 0.6 is 0 Å². The summed E-state index contributed by atoms with van der Waals surface area (Å²) >= 11 is 0. The van der Waals surface area contributed by atoms with Crippen LogP contribution in [0.1, 0.15) is 18.4 Å². The Morgan fingerprint density at radius 2 is 2.33 bits per heavy atom. The third-order valence-electron chi connectivity index (χ3n) is 3.80. The Bertz CT molecular complexity index is 526. The average molecular weight is 245 g/mol. The van der Waals surface area contributed by atoms with Crippen LogP contribution in [0.2, 0.25) is 0 Å². The molecule has 1 saturated heterocycles. The summed E-state index contributed by atoms with van der Waals surface area (Å²) in [5, 5.41) is 4.67. The van der Waals surface area contributed by atoms with Crippen LogP contribution in [-0.4, -0.2) is 20.2 Å². The third-order valence-corrected chi connectivity index (χ3v) is 3.80. The second kappa shape index (κ2) is 5.02. The zero-order valence-corrected chi connectivity index (χ0v) is 10.7. The summed E-state index contributed by atoms with van der Waals surface area (Å²) < 4.78 is 10.9. The van der Waals surface area contributed by atoms with Crippen LogP contribution in [0, 0.1) is 5.92 Å². The zero-order valence-electron chi connectivity index (χ0n) is 10.7. The van der Waals surface area contributed by atoms with Gasteiger partial charge in [0.1, 0.15) is 0 Å². The van der Waals surface area contributed by atoms with Crippen LogP contribution in [0.5, 0.6) is 5.75 Å². The van der Waals surface area contributed by atoms with Gasteiger partial charge in [-0.2, -0.15) is 0 Å². The molecule has 1 atom stereocenters. The Morgan fingerprint density at radius 1 is 1.39 bits per heavy atom. The first kappa shape index (κ1) is 11.6. The van der Waals surface area contributed by atoms with E-state index >= 15 is 0 Å². The van der Waals surface area contributed by atoms with Gasteiger partial charge in [0.25, 0.3) is 0 Å². The number of nitrogens with one attached hydrogen (secondary N) is 1. The van der Waals surface area contributed by atoms with Crippen molar-refractivity contribution in [2.75, 3.05) is 20.2 Å². The standard InChI is InChI=1S/C15H19NO2/c1-17-14-5-4-12(13-6-8-18-15(13)14)9-11-3-2-7-16-10-11/h4-6,8,11,16H,2-3,7,9-10H2,1H3. The molecule has 96 valence electrons. The second-order valence-corrected chi connectivity index (χ2v) is 5.01. The number of piperidine rings is 1. The van der Waals surface area contributed by atoms with Crippen molar-refractivity contribution in [1.29, 1.82) is 0 Å². The predicted octanol–water partition coefficient (Wildman–Crippen LogP) is 2.98. The number of rotatable bonds is 3. The largest absolute Gasteiger partial charge is 0.493 e. The second-order valence-electron chi connectivity index (χ2n) is 5.01. The van der Waals surface area contributed by atoms with Crippen LogP contribution in [0.15, 0.2) is 28.9 Å². The normalized spacial score (nSPS) is 20.2. The quantitative estimate of drug-likeness (QED) is 0.902. The van der Waals surface area contributed by atoms with Crippen molar-refractivity contribution in [1.82, 2.24) is 5.32 Å². The highest BCUT2D eigenvalue weighted by atomic mass is 16.5. The van der Waals surface area contributed by atoms with Gasteiger partial charge in [0, 0.05) is 5.39 Å². The van der Waals surface area contributed by atoms with E-state index in [0.717, 1.165) is 30.2 Å². The summed E-state index contributed by atoms with van der Waals surface area (Å²) in [5.74, 6) is 1.56. The molecule has 0 amide bonds. The number of methoxy groups -OCH3 is 1. The molecule has 3 nitrogen and oxygen atoms in total. The third kappa shape index (κ3) is 2.10. The fourth-order valence-corrected chi connectivity index (χ4v) is 2.84. The minimum absolute atomic E-state index is 0.741. The minimum atomic E-state index is 0.741. The van der Waals surface area contributed by atoms with Crippen molar-refractivity contribution in [3.05, 3.63) is 30.0 Å². The van der Waals surface area contributed by atoms with Gasteiger partial charge in [0.2, 0.25) is 0 Å². The summed E-state index contributed by atoms with van der Waals surface area (Å²) in [5.41, 5.74) is 2.24. The Balaban J connectivity index is 1.89. The molecule has 1 aliphatic heterocycles. The average Bonchev–Trinajstić information content (AvgIpc) is 2.90. The molecule has 0 radical (unpaired) electrons. The van der Waals surface area contributed by atoms with Gasteiger partial charge in [-0.05, 0) is 56.0 Å². The summed E-state index contributed by atoms with van der Waals surface area (Å²) in [4.78, 5) is 0. The molecule has 1 fully saturated rings. The Kier molecular flexibility index (Phi) is 3.24. The summed E-state index contributed by atoms with van der Waals surface area (Å²) in [7, 11) is 1.68. The maximum atomic E-state index is 5.53. The monoisotopic (exact) mass is 245 g/mol. The van der Waals surface area contributed by atoms with E-state index in [0.29, 0.717) is 0 Å². The molecule has 18 heavy (non-hydrogen) atoms. The summed E-state index contributed by atoms with van der Waals surface area (Å²) in [6.07, 6.45) is 5.47. The molecule has 1 aromatic carbocycles. The lowest BCUT2D eigenvalue weighted by atomic mass is 9.91. The van der Waals surface area contributed by atoms with E-state index in [9.17, 15) is 0 Å². The van der Waals surface area contributed by atoms with Crippen molar-refractivity contribution < 1.29 is 9.15 Å². The van der Waals surface area contributed by atoms with Crippen LogP contribution < -0.4 is 10.1 Å². The molecule has 0 aliphatic carbocycles. The number of hydrogen-bond acceptors (Lipinski definition) is 3. The molecule has 0 spiro atoms. The lowest BCUT2D eigenvalue weighted by molar-refractivity contribution is 0.376. The Morgan fingerprint density at radius 3 is 3.11 bits per heavy atom. The molecule has 0 bridgehead atoms. The van der Waals surface area contributed by atoms with Gasteiger partial charge in [-0.1, -0.05) is 6.07 Å². The van der Waals surface area contributed by atoms with Crippen LogP contribution in [-0.2, 0) is 6.42 Å². The molecule has 3 rings (SSSR count). The van der Waals surface area contributed by atoms with E-state index in [4.69, 9.17) is 9.15 Å². The topological polar surface area (TPSA) is 34.4 Å². The molecular weight excluding hydrogens is 226 g/mol. The van der Waals surface area contributed by atoms with Gasteiger partial charge in [-0.15, -0.1) is 0 Å². The molecule has 2 aromatic rings. The lowest BCUT2D eigenvalue weighted by Gasteiger charge is -2.23. The zero-order chi connectivity index (χ0) is 12.4. The van der Waals surface area contributed by atoms with Crippen LogP contribution in [0.25, 0.3) is 11.0 Å². The van der Waals surface area contributed by atoms with Gasteiger partial charge in [0.15, 0.2) is 11.3 Å². The van der Waals surface area contributed by atoms with Crippen molar-refractivity contribution >= 4 is 11.0 Å². The van der Waals surface area contributed by atoms with Gasteiger partial charge in [-0.25, -0.2) is 0 Å². The van der Waals surface area contributed by atoms with E-state index in [1.165, 1.54) is 30.3 Å². The van der Waals surface area contributed by atoms with E-state index in [1.807, 2.05) is 12.1 Å². The van der Waals surface area contributed by atoms with Gasteiger partial charge >= 0.3 is 0 Å². The van der Waals surface area contributed by atoms with E-state index in [-0.39, 0.29) is 0 Å². The summed E-state index contributed by atoms with van der Waals surface area (Å²) in [6.45, 7) is 2.30. The predicted molar refractivity (Wildman–Crippen MR) is 72.1 cm³/mol. The first-order valence-corrected chi connectivity index (χ1v) is 6.62. The lowest BCUT2D eigenvalue weighted by Crippen LogP contribution is -2.30. The Labute approximate surface area is 107 Å². The number of hydrogen-bond donors (Lipinski definition) is 1. The van der Waals surface area contributed by atoms with E-state index in [2.05, 4.69) is 11.4 Å². The molecule has 2 heterocycles. The van der Waals surface area contributed by atoms with Gasteiger partial charge < -0.3 is 14.5 Å². The maximum absolute atomic E-state index is 5.53. The molecule has 0 saturated carbocycles. The number of fused-ring (bicyclic) bond motifs is 1. The summed E-state index contributed by atoms with van der Waals surface area (Å²) in [6, 6.07) is 6.23. The highest BCUT2D eigenvalue weighted by Gasteiger charge is 2.16. The molecule has 1 unspecified atom stereocenters. The molecule has 3 heteroatoms. The molecular formula is C15H19NO2. The highest BCUT2D eigenvalue weighted by Crippen LogP contribution is 2.31. The number of benzene rings is 1. The van der Waals surface area contributed by atoms with Gasteiger partial charge in [0.05, 0.1) is 13.4 Å². The molecule has 1 aromatic heterocycles. The molecule has 1 aliphatic rings. The maximum Gasteiger partial charge on any atom is 0.175 e. The fraction of sp³-hybridized carbons (Fsp3) is 0.467. The number of furan rings is 1. The van der Waals surface area contributed by atoms with Crippen molar-refractivity contribution in [2.24, 2.45) is 5.92 Å². The Hall–Kier alpha value is -1.48.